The summed E-state index contributed by atoms with van der Waals surface area (Å²) in [6.45, 7) is 0. The average molecular weight is 1120 g/mol. The van der Waals surface area contributed by atoms with Crippen LogP contribution in [0.4, 0.5) is 0 Å². The van der Waals surface area contributed by atoms with Crippen LogP contribution in [-0.4, -0.2) is 39.9 Å². The van der Waals surface area contributed by atoms with E-state index in [9.17, 15) is 0 Å². The van der Waals surface area contributed by atoms with Gasteiger partial charge in [0.05, 0.1) is 45.2 Å². The minimum Gasteiger partial charge on any atom is -0.228 e. The Kier molecular flexibility index (Phi) is 12.2. The molecule has 0 N–H and O–H groups in total. The summed E-state index contributed by atoms with van der Waals surface area (Å²) in [5.41, 5.74) is 24.1. The molecule has 0 aliphatic heterocycles. The van der Waals surface area contributed by atoms with Crippen LogP contribution in [0.2, 0.25) is 0 Å². The minimum absolute atomic E-state index is 0.0184. The molecule has 0 amide bonds. The van der Waals surface area contributed by atoms with Gasteiger partial charge >= 0.3 is 0 Å². The van der Waals surface area contributed by atoms with Gasteiger partial charge in [0.2, 0.25) is 0 Å². The predicted molar refractivity (Wildman–Crippen MR) is 353 cm³/mol. The Bertz CT molecular complexity index is 4900. The molecule has 8 heteroatoms. The average Bonchev–Trinajstić information content (AvgIpc) is 0.789. The molecule has 2 bridgehead atoms. The molecular formula is C80H50N8. The van der Waals surface area contributed by atoms with Crippen molar-refractivity contribution in [3.63, 3.8) is 0 Å². The van der Waals surface area contributed by atoms with Crippen molar-refractivity contribution in [2.24, 2.45) is 0 Å². The molecule has 18 rings (SSSR count). The van der Waals surface area contributed by atoms with Gasteiger partial charge in [-0.15, -0.1) is 0 Å². The quantitative estimate of drug-likeness (QED) is 0.133. The fraction of sp³-hybridized carbons (Fsp3) is 0.0250. The zero-order chi connectivity index (χ0) is 58.1. The van der Waals surface area contributed by atoms with Gasteiger partial charge in [-0.2, -0.15) is 0 Å². The summed E-state index contributed by atoms with van der Waals surface area (Å²) in [7, 11) is 0. The lowest BCUT2D eigenvalue weighted by molar-refractivity contribution is 0.755. The number of fused-ring (bicyclic) bond motifs is 2. The van der Waals surface area contributed by atoms with Crippen LogP contribution in [0.15, 0.2) is 291 Å². The normalized spacial score (nSPS) is 13.7. The van der Waals surface area contributed by atoms with E-state index in [0.717, 1.165) is 112 Å². The molecule has 15 aromatic rings. The van der Waals surface area contributed by atoms with Crippen LogP contribution in [0.3, 0.4) is 0 Å². The van der Waals surface area contributed by atoms with Crippen LogP contribution >= 0.6 is 0 Å². The molecule has 11 aromatic carbocycles. The second kappa shape index (κ2) is 21.1. The predicted octanol–water partition coefficient (Wildman–Crippen LogP) is 18.8. The van der Waals surface area contributed by atoms with Crippen LogP contribution in [0, 0.1) is 0 Å². The SMILES string of the molecule is c1ccc(-c2nc(-c3ccc4c(c3)C3c5ccccc5C4c4cc(-c5cc(-c6ccccc6-c6nc(-c7ccccc7)c7ccccc7n6)nc(-c6ccccc6)n5)ccc43)cc(-c3ccccc3-c3nc(-c4ccccc4)c4ccccc4n3)n2)cc1. The fourth-order valence-corrected chi connectivity index (χ4v) is 13.3. The lowest BCUT2D eigenvalue weighted by Crippen LogP contribution is -2.27. The smallest absolute Gasteiger partial charge is 0.161 e. The molecule has 0 radical (unpaired) electrons. The van der Waals surface area contributed by atoms with Gasteiger partial charge < -0.3 is 0 Å². The summed E-state index contributed by atoms with van der Waals surface area (Å²) in [5.74, 6) is 2.51. The Balaban J connectivity index is 0.782. The maximum Gasteiger partial charge on any atom is 0.161 e. The summed E-state index contributed by atoms with van der Waals surface area (Å²) in [4.78, 5) is 42.5. The van der Waals surface area contributed by atoms with Gasteiger partial charge in [-0.05, 0) is 69.8 Å². The minimum atomic E-state index is -0.0184. The fourth-order valence-electron chi connectivity index (χ4n) is 13.3. The van der Waals surface area contributed by atoms with Crippen LogP contribution in [0.25, 0.3) is 135 Å². The van der Waals surface area contributed by atoms with E-state index in [0.29, 0.717) is 23.3 Å². The van der Waals surface area contributed by atoms with Crippen LogP contribution in [0.1, 0.15) is 45.2 Å². The van der Waals surface area contributed by atoms with Crippen molar-refractivity contribution in [3.05, 3.63) is 325 Å². The van der Waals surface area contributed by atoms with E-state index in [1.165, 1.54) is 33.4 Å². The van der Waals surface area contributed by atoms with Crippen molar-refractivity contribution in [2.75, 3.05) is 0 Å². The number of hydrogen-bond donors (Lipinski definition) is 0. The van der Waals surface area contributed by atoms with Gasteiger partial charge in [0.15, 0.2) is 23.3 Å². The molecule has 0 fully saturated rings. The molecular weight excluding hydrogens is 1070 g/mol. The van der Waals surface area contributed by atoms with E-state index in [1.807, 2.05) is 84.9 Å². The molecule has 3 aliphatic carbocycles. The van der Waals surface area contributed by atoms with E-state index in [4.69, 9.17) is 39.9 Å². The maximum atomic E-state index is 5.39. The maximum absolute atomic E-state index is 5.39. The summed E-state index contributed by atoms with van der Waals surface area (Å²) in [5, 5.41) is 2.00. The number of para-hydroxylation sites is 2. The molecule has 0 saturated carbocycles. The second-order valence-corrected chi connectivity index (χ2v) is 22.5. The second-order valence-electron chi connectivity index (χ2n) is 22.5. The first-order valence-corrected chi connectivity index (χ1v) is 29.7. The highest BCUT2D eigenvalue weighted by atomic mass is 14.9. The lowest BCUT2D eigenvalue weighted by atomic mass is 9.60. The van der Waals surface area contributed by atoms with Crippen molar-refractivity contribution >= 4 is 21.8 Å². The molecule has 2 unspecified atom stereocenters. The molecule has 0 spiro atoms. The highest BCUT2D eigenvalue weighted by Crippen LogP contribution is 2.57. The summed E-state index contributed by atoms with van der Waals surface area (Å²) >= 11 is 0. The Morgan fingerprint density at radius 3 is 0.943 bits per heavy atom. The summed E-state index contributed by atoms with van der Waals surface area (Å²) < 4.78 is 0. The first-order chi connectivity index (χ1) is 43.6. The van der Waals surface area contributed by atoms with Crippen LogP contribution < -0.4 is 0 Å². The zero-order valence-electron chi connectivity index (χ0n) is 47.4. The van der Waals surface area contributed by atoms with Crippen molar-refractivity contribution in [3.8, 4) is 113 Å². The summed E-state index contributed by atoms with van der Waals surface area (Å²) in [6, 6.07) is 102. The molecule has 4 heterocycles. The Hall–Kier alpha value is -11.7. The highest BCUT2D eigenvalue weighted by molar-refractivity contribution is 5.96. The van der Waals surface area contributed by atoms with Gasteiger partial charge in [-0.25, -0.2) is 39.9 Å². The monoisotopic (exact) mass is 1120 g/mol. The topological polar surface area (TPSA) is 103 Å². The van der Waals surface area contributed by atoms with E-state index < -0.39 is 0 Å². The number of hydrogen-bond acceptors (Lipinski definition) is 8. The first kappa shape index (κ1) is 50.7. The number of rotatable bonds is 10. The molecule has 8 nitrogen and oxygen atoms in total. The van der Waals surface area contributed by atoms with Gasteiger partial charge in [-0.3, -0.25) is 0 Å². The lowest BCUT2D eigenvalue weighted by Gasteiger charge is -2.42. The van der Waals surface area contributed by atoms with Crippen molar-refractivity contribution in [1.29, 1.82) is 0 Å². The van der Waals surface area contributed by atoms with Crippen LogP contribution in [-0.2, 0) is 0 Å². The number of nitrogens with zero attached hydrogens (tertiary/aromatic N) is 8. The van der Waals surface area contributed by atoms with Crippen molar-refractivity contribution in [2.45, 2.75) is 11.8 Å². The summed E-state index contributed by atoms with van der Waals surface area (Å²) in [6.07, 6.45) is 0. The molecule has 0 saturated heterocycles. The molecule has 88 heavy (non-hydrogen) atoms. The van der Waals surface area contributed by atoms with Gasteiger partial charge in [0.1, 0.15) is 0 Å². The highest BCUT2D eigenvalue weighted by Gasteiger charge is 2.41. The standard InChI is InChI=1S/C80H50N8/c1-5-23-49(24-6-1)75-63-37-19-21-39-67(63)81-79(87-75)61-35-17-13-31-55(61)71-47-69(83-77(85-71)51-27-9-3-10-28-51)53-41-43-59-65(45-53)73-57-33-15-16-34-58(57)74(59)66-46-54(42-44-60(66)73)70-48-72(86-78(84-70)52-29-11-4-12-30-52)56-32-14-18-36-62(56)80-82-68-40-22-20-38-64(68)76(88-80)50-25-7-2-8-26-50/h1-48,73-74H. The number of aromatic nitrogens is 8. The largest absolute Gasteiger partial charge is 0.228 e. The zero-order valence-corrected chi connectivity index (χ0v) is 47.4. The van der Waals surface area contributed by atoms with Gasteiger partial charge in [0.25, 0.3) is 0 Å². The van der Waals surface area contributed by atoms with Crippen molar-refractivity contribution < 1.29 is 0 Å². The first-order valence-electron chi connectivity index (χ1n) is 29.7. The van der Waals surface area contributed by atoms with E-state index >= 15 is 0 Å². The third-order valence-electron chi connectivity index (χ3n) is 17.3. The molecule has 3 aliphatic rings. The van der Waals surface area contributed by atoms with E-state index in [2.05, 4.69) is 206 Å². The Labute approximate surface area is 508 Å². The van der Waals surface area contributed by atoms with Gasteiger partial charge in [0, 0.05) is 78.2 Å². The Morgan fingerprint density at radius 1 is 0.193 bits per heavy atom. The van der Waals surface area contributed by atoms with E-state index in [1.54, 1.807) is 0 Å². The third kappa shape index (κ3) is 8.76. The van der Waals surface area contributed by atoms with Crippen LogP contribution in [0.5, 0.6) is 0 Å². The molecule has 4 aromatic heterocycles. The molecule has 2 atom stereocenters. The number of benzene rings is 11. The van der Waals surface area contributed by atoms with Gasteiger partial charge in [-0.1, -0.05) is 255 Å². The van der Waals surface area contributed by atoms with Crippen molar-refractivity contribution in [1.82, 2.24) is 39.9 Å². The third-order valence-corrected chi connectivity index (χ3v) is 17.3. The molecule has 410 valence electrons. The Morgan fingerprint density at radius 2 is 0.523 bits per heavy atom. The van der Waals surface area contributed by atoms with E-state index in [-0.39, 0.29) is 11.8 Å².